The van der Waals surface area contributed by atoms with Gasteiger partial charge in [-0.1, -0.05) is 25.1 Å². The third-order valence-electron chi connectivity index (χ3n) is 3.60. The fraction of sp³-hybridized carbons (Fsp3) is 0.167. The first-order valence-corrected chi connectivity index (χ1v) is 7.16. The Bertz CT molecular complexity index is 826. The van der Waals surface area contributed by atoms with Crippen molar-refractivity contribution in [2.45, 2.75) is 13.3 Å². The fourth-order valence-electron chi connectivity index (χ4n) is 2.44. The molecule has 0 radical (unpaired) electrons. The number of aryl methyl sites for hydroxylation is 1. The molecule has 1 aromatic carbocycles. The molecular formula is C18H16N2O2. The molecule has 0 amide bonds. The van der Waals surface area contributed by atoms with Crippen LogP contribution >= 0.6 is 0 Å². The first-order chi connectivity index (χ1) is 10.7. The van der Waals surface area contributed by atoms with Gasteiger partial charge in [0.25, 0.3) is 0 Å². The van der Waals surface area contributed by atoms with Crippen LogP contribution in [-0.2, 0) is 11.2 Å². The maximum absolute atomic E-state index is 11.5. The largest absolute Gasteiger partial charge is 0.465 e. The number of ether oxygens (including phenoxy) is 1. The molecule has 3 aromatic rings. The van der Waals surface area contributed by atoms with Gasteiger partial charge < -0.3 is 4.74 Å². The van der Waals surface area contributed by atoms with Crippen LogP contribution in [-0.4, -0.2) is 23.0 Å². The lowest BCUT2D eigenvalue weighted by molar-refractivity contribution is 0.0601. The summed E-state index contributed by atoms with van der Waals surface area (Å²) in [5.74, 6) is -0.337. The number of methoxy groups -OCH3 is 1. The van der Waals surface area contributed by atoms with Crippen molar-refractivity contribution >= 4 is 16.9 Å². The Labute approximate surface area is 128 Å². The van der Waals surface area contributed by atoms with E-state index in [1.54, 1.807) is 18.3 Å². The zero-order valence-corrected chi connectivity index (χ0v) is 12.5. The number of nitrogens with zero attached hydrogens (tertiary/aromatic N) is 2. The molecule has 22 heavy (non-hydrogen) atoms. The summed E-state index contributed by atoms with van der Waals surface area (Å²) in [5.41, 5.74) is 4.30. The van der Waals surface area contributed by atoms with E-state index in [2.05, 4.69) is 11.9 Å². The van der Waals surface area contributed by atoms with E-state index in [0.717, 1.165) is 34.3 Å². The van der Waals surface area contributed by atoms with Crippen molar-refractivity contribution in [2.75, 3.05) is 7.11 Å². The third-order valence-corrected chi connectivity index (χ3v) is 3.60. The highest BCUT2D eigenvalue weighted by Gasteiger charge is 2.09. The third kappa shape index (κ3) is 2.55. The molecule has 0 saturated carbocycles. The molecule has 0 aliphatic heterocycles. The fourth-order valence-corrected chi connectivity index (χ4v) is 2.44. The molecule has 2 aromatic heterocycles. The Morgan fingerprint density at radius 2 is 1.95 bits per heavy atom. The van der Waals surface area contributed by atoms with E-state index < -0.39 is 0 Å². The average molecular weight is 292 g/mol. The molecule has 0 unspecified atom stereocenters. The Kier molecular flexibility index (Phi) is 3.83. The highest BCUT2D eigenvalue weighted by Crippen LogP contribution is 2.24. The predicted octanol–water partition coefficient (Wildman–Crippen LogP) is 3.65. The Balaban J connectivity index is 2.08. The molecule has 0 fully saturated rings. The smallest absolute Gasteiger partial charge is 0.337 e. The van der Waals surface area contributed by atoms with Crippen LogP contribution in [0.25, 0.3) is 22.2 Å². The summed E-state index contributed by atoms with van der Waals surface area (Å²) in [5, 5.41) is 1.07. The molecule has 0 aliphatic carbocycles. The first-order valence-electron chi connectivity index (χ1n) is 7.16. The van der Waals surface area contributed by atoms with Crippen molar-refractivity contribution in [3.63, 3.8) is 0 Å². The lowest BCUT2D eigenvalue weighted by Crippen LogP contribution is -2.00. The summed E-state index contributed by atoms with van der Waals surface area (Å²) in [6.45, 7) is 2.07. The van der Waals surface area contributed by atoms with Crippen LogP contribution in [0.1, 0.15) is 23.0 Å². The van der Waals surface area contributed by atoms with Crippen molar-refractivity contribution in [1.29, 1.82) is 0 Å². The summed E-state index contributed by atoms with van der Waals surface area (Å²) in [6, 6.07) is 13.3. The summed E-state index contributed by atoms with van der Waals surface area (Å²) in [6.07, 6.45) is 2.61. The van der Waals surface area contributed by atoms with Crippen molar-refractivity contribution in [3.05, 3.63) is 59.9 Å². The molecule has 0 aliphatic rings. The second-order valence-electron chi connectivity index (χ2n) is 4.95. The Morgan fingerprint density at radius 3 is 2.64 bits per heavy atom. The van der Waals surface area contributed by atoms with E-state index in [4.69, 9.17) is 9.72 Å². The SMILES string of the molecule is CCc1nc(-c2ccc(C(=O)OC)cc2)cc2cccnc12. The molecule has 3 rings (SSSR count). The molecular weight excluding hydrogens is 276 g/mol. The molecule has 0 N–H and O–H groups in total. The van der Waals surface area contributed by atoms with Crippen LogP contribution in [0.4, 0.5) is 0 Å². The average Bonchev–Trinajstić information content (AvgIpc) is 2.60. The van der Waals surface area contributed by atoms with E-state index in [1.165, 1.54) is 7.11 Å². The molecule has 2 heterocycles. The highest BCUT2D eigenvalue weighted by molar-refractivity contribution is 5.90. The number of pyridine rings is 2. The minimum atomic E-state index is -0.337. The minimum absolute atomic E-state index is 0.337. The van der Waals surface area contributed by atoms with Crippen molar-refractivity contribution in [2.24, 2.45) is 0 Å². The van der Waals surface area contributed by atoms with Gasteiger partial charge in [0.05, 0.1) is 29.6 Å². The number of benzene rings is 1. The summed E-state index contributed by atoms with van der Waals surface area (Å²) in [7, 11) is 1.38. The predicted molar refractivity (Wildman–Crippen MR) is 85.7 cm³/mol. The van der Waals surface area contributed by atoms with E-state index in [0.29, 0.717) is 5.56 Å². The number of esters is 1. The zero-order chi connectivity index (χ0) is 15.5. The summed E-state index contributed by atoms with van der Waals surface area (Å²) in [4.78, 5) is 20.6. The Hall–Kier alpha value is -2.75. The zero-order valence-electron chi connectivity index (χ0n) is 12.5. The Morgan fingerprint density at radius 1 is 1.18 bits per heavy atom. The number of hydrogen-bond donors (Lipinski definition) is 0. The van der Waals surface area contributed by atoms with Crippen molar-refractivity contribution in [3.8, 4) is 11.3 Å². The maximum atomic E-state index is 11.5. The van der Waals surface area contributed by atoms with Crippen LogP contribution in [0, 0.1) is 0 Å². The number of aromatic nitrogens is 2. The highest BCUT2D eigenvalue weighted by atomic mass is 16.5. The number of carbonyl (C=O) groups excluding carboxylic acids is 1. The van der Waals surface area contributed by atoms with Crippen LogP contribution < -0.4 is 0 Å². The molecule has 4 heteroatoms. The second-order valence-corrected chi connectivity index (χ2v) is 4.95. The van der Waals surface area contributed by atoms with Crippen LogP contribution in [0.15, 0.2) is 48.7 Å². The van der Waals surface area contributed by atoms with Crippen LogP contribution in [0.5, 0.6) is 0 Å². The normalized spacial score (nSPS) is 10.6. The van der Waals surface area contributed by atoms with Gasteiger partial charge in [0, 0.05) is 17.1 Å². The monoisotopic (exact) mass is 292 g/mol. The molecule has 0 saturated heterocycles. The molecule has 0 atom stereocenters. The van der Waals surface area contributed by atoms with E-state index in [-0.39, 0.29) is 5.97 Å². The standard InChI is InChI=1S/C18H16N2O2/c1-3-15-17-14(5-4-10-19-17)11-16(20-15)12-6-8-13(9-7-12)18(21)22-2/h4-11H,3H2,1-2H3. The summed E-state index contributed by atoms with van der Waals surface area (Å²) < 4.78 is 4.71. The lowest BCUT2D eigenvalue weighted by Gasteiger charge is -2.08. The number of carbonyl (C=O) groups is 1. The van der Waals surface area contributed by atoms with E-state index in [9.17, 15) is 4.79 Å². The topological polar surface area (TPSA) is 52.1 Å². The van der Waals surface area contributed by atoms with Gasteiger partial charge in [-0.15, -0.1) is 0 Å². The first kappa shape index (κ1) is 14.2. The van der Waals surface area contributed by atoms with E-state index >= 15 is 0 Å². The van der Waals surface area contributed by atoms with Gasteiger partial charge in [0.2, 0.25) is 0 Å². The number of hydrogen-bond acceptors (Lipinski definition) is 4. The molecule has 0 spiro atoms. The molecule has 0 bridgehead atoms. The van der Waals surface area contributed by atoms with Crippen molar-refractivity contribution < 1.29 is 9.53 Å². The van der Waals surface area contributed by atoms with Gasteiger partial charge in [0.1, 0.15) is 0 Å². The van der Waals surface area contributed by atoms with Gasteiger partial charge in [0.15, 0.2) is 0 Å². The van der Waals surface area contributed by atoms with Gasteiger partial charge in [-0.2, -0.15) is 0 Å². The number of fused-ring (bicyclic) bond motifs is 1. The molecule has 4 nitrogen and oxygen atoms in total. The van der Waals surface area contributed by atoms with Gasteiger partial charge in [-0.25, -0.2) is 4.79 Å². The van der Waals surface area contributed by atoms with E-state index in [1.807, 2.05) is 30.3 Å². The molecule has 110 valence electrons. The van der Waals surface area contributed by atoms with Gasteiger partial charge in [-0.3, -0.25) is 9.97 Å². The van der Waals surface area contributed by atoms with Crippen LogP contribution in [0.2, 0.25) is 0 Å². The van der Waals surface area contributed by atoms with Gasteiger partial charge in [-0.05, 0) is 30.7 Å². The van der Waals surface area contributed by atoms with Crippen molar-refractivity contribution in [1.82, 2.24) is 9.97 Å². The minimum Gasteiger partial charge on any atom is -0.465 e. The maximum Gasteiger partial charge on any atom is 0.337 e. The van der Waals surface area contributed by atoms with Gasteiger partial charge >= 0.3 is 5.97 Å². The quantitative estimate of drug-likeness (QED) is 0.691. The second kappa shape index (κ2) is 5.93. The van der Waals surface area contributed by atoms with Crippen LogP contribution in [0.3, 0.4) is 0 Å². The number of rotatable bonds is 3. The lowest BCUT2D eigenvalue weighted by atomic mass is 10.1. The summed E-state index contributed by atoms with van der Waals surface area (Å²) >= 11 is 0.